The second-order valence-corrected chi connectivity index (χ2v) is 3.11. The molecular formula is C9H6O2S. The van der Waals surface area contributed by atoms with Crippen LogP contribution < -0.4 is 0 Å². The van der Waals surface area contributed by atoms with Crippen LogP contribution in [0.15, 0.2) is 12.1 Å². The summed E-state index contributed by atoms with van der Waals surface area (Å²) in [4.78, 5) is 21.6. The van der Waals surface area contributed by atoms with Crippen LogP contribution in [0.25, 0.3) is 0 Å². The van der Waals surface area contributed by atoms with Gasteiger partial charge in [0.2, 0.25) is 0 Å². The first kappa shape index (κ1) is 8.69. The average molecular weight is 178 g/mol. The minimum Gasteiger partial charge on any atom is -0.302 e. The molecule has 2 nitrogen and oxygen atoms in total. The van der Waals surface area contributed by atoms with E-state index in [0.29, 0.717) is 4.88 Å². The minimum absolute atomic E-state index is 0.244. The lowest BCUT2D eigenvalue weighted by Crippen LogP contribution is -1.66. The van der Waals surface area contributed by atoms with Crippen molar-refractivity contribution in [3.63, 3.8) is 0 Å². The average Bonchev–Trinajstić information content (AvgIpc) is 2.53. The maximum atomic E-state index is 10.3. The first-order valence-electron chi connectivity index (χ1n) is 3.34. The Kier molecular flexibility index (Phi) is 3.24. The Balaban J connectivity index is 2.71. The molecule has 0 aromatic carbocycles. The third-order valence-corrected chi connectivity index (χ3v) is 2.07. The van der Waals surface area contributed by atoms with E-state index in [4.69, 9.17) is 0 Å². The molecule has 1 rings (SSSR count). The molecule has 60 valence electrons. The quantitative estimate of drug-likeness (QED) is 0.508. The number of hydrogen-bond donors (Lipinski definition) is 0. The monoisotopic (exact) mass is 178 g/mol. The van der Waals surface area contributed by atoms with Gasteiger partial charge in [0.1, 0.15) is 6.29 Å². The Labute approximate surface area is 74.2 Å². The van der Waals surface area contributed by atoms with Gasteiger partial charge in [0.05, 0.1) is 16.2 Å². The number of carbonyl (C=O) groups excluding carboxylic acids is 2. The van der Waals surface area contributed by atoms with Crippen molar-refractivity contribution in [3.8, 4) is 11.8 Å². The van der Waals surface area contributed by atoms with Crippen molar-refractivity contribution in [1.29, 1.82) is 0 Å². The van der Waals surface area contributed by atoms with Crippen LogP contribution >= 0.6 is 11.3 Å². The van der Waals surface area contributed by atoms with Crippen molar-refractivity contribution in [2.24, 2.45) is 0 Å². The van der Waals surface area contributed by atoms with Crippen LogP contribution in [0.4, 0.5) is 0 Å². The van der Waals surface area contributed by atoms with E-state index >= 15 is 0 Å². The minimum atomic E-state index is 0.244. The van der Waals surface area contributed by atoms with E-state index in [-0.39, 0.29) is 6.42 Å². The van der Waals surface area contributed by atoms with Crippen LogP contribution in [0.2, 0.25) is 0 Å². The molecule has 0 aliphatic carbocycles. The fraction of sp³-hybridized carbons (Fsp3) is 0.111. The standard InChI is InChI=1S/C9H6O2S/c10-6-2-1-3-8-4-5-9(7-11)12-8/h4-7H,2H2. The molecule has 0 saturated carbocycles. The van der Waals surface area contributed by atoms with E-state index in [1.165, 1.54) is 11.3 Å². The zero-order valence-corrected chi connectivity index (χ0v) is 7.06. The molecule has 0 unspecified atom stereocenters. The summed E-state index contributed by atoms with van der Waals surface area (Å²) in [5, 5.41) is 0. The first-order valence-corrected chi connectivity index (χ1v) is 4.16. The maximum absolute atomic E-state index is 10.3. The molecule has 0 spiro atoms. The molecule has 0 N–H and O–H groups in total. The number of aldehydes is 2. The van der Waals surface area contributed by atoms with Crippen molar-refractivity contribution in [1.82, 2.24) is 0 Å². The van der Waals surface area contributed by atoms with Crippen molar-refractivity contribution in [3.05, 3.63) is 21.9 Å². The van der Waals surface area contributed by atoms with Crippen LogP contribution in [-0.4, -0.2) is 12.6 Å². The van der Waals surface area contributed by atoms with E-state index in [2.05, 4.69) is 11.8 Å². The fourth-order valence-electron chi connectivity index (χ4n) is 0.663. The van der Waals surface area contributed by atoms with Crippen molar-refractivity contribution >= 4 is 23.9 Å². The Hall–Kier alpha value is -1.40. The number of thiophene rings is 1. The lowest BCUT2D eigenvalue weighted by Gasteiger charge is -1.74. The second kappa shape index (κ2) is 4.47. The molecule has 12 heavy (non-hydrogen) atoms. The van der Waals surface area contributed by atoms with Gasteiger partial charge in [-0.25, -0.2) is 0 Å². The zero-order chi connectivity index (χ0) is 8.81. The summed E-state index contributed by atoms with van der Waals surface area (Å²) in [6, 6.07) is 3.48. The first-order chi connectivity index (χ1) is 5.86. The van der Waals surface area contributed by atoms with Gasteiger partial charge in [-0.2, -0.15) is 0 Å². The van der Waals surface area contributed by atoms with E-state index < -0.39 is 0 Å². The molecule has 0 amide bonds. The Morgan fingerprint density at radius 1 is 1.42 bits per heavy atom. The summed E-state index contributed by atoms with van der Waals surface area (Å²) in [5.74, 6) is 5.44. The highest BCUT2D eigenvalue weighted by molar-refractivity contribution is 7.14. The summed E-state index contributed by atoms with van der Waals surface area (Å²) < 4.78 is 0. The van der Waals surface area contributed by atoms with E-state index in [1.807, 2.05) is 0 Å². The van der Waals surface area contributed by atoms with Crippen molar-refractivity contribution in [2.45, 2.75) is 6.42 Å². The Bertz CT molecular complexity index is 341. The molecule has 0 bridgehead atoms. The predicted molar refractivity (Wildman–Crippen MR) is 47.3 cm³/mol. The molecule has 1 aromatic heterocycles. The smallest absolute Gasteiger partial charge is 0.160 e. The summed E-state index contributed by atoms with van der Waals surface area (Å²) in [7, 11) is 0. The lowest BCUT2D eigenvalue weighted by atomic mass is 10.4. The van der Waals surface area contributed by atoms with Gasteiger partial charge >= 0.3 is 0 Å². The zero-order valence-electron chi connectivity index (χ0n) is 6.24. The van der Waals surface area contributed by atoms with Crippen molar-refractivity contribution < 1.29 is 9.59 Å². The Morgan fingerprint density at radius 2 is 2.25 bits per heavy atom. The molecule has 1 heterocycles. The summed E-state index contributed by atoms with van der Waals surface area (Å²) in [6.45, 7) is 0. The van der Waals surface area contributed by atoms with Crippen LogP contribution in [0.5, 0.6) is 0 Å². The normalized spacial score (nSPS) is 8.33. The highest BCUT2D eigenvalue weighted by Gasteiger charge is 1.93. The summed E-state index contributed by atoms with van der Waals surface area (Å²) in [5.41, 5.74) is 0. The van der Waals surface area contributed by atoms with Gasteiger partial charge in [-0.3, -0.25) is 4.79 Å². The summed E-state index contributed by atoms with van der Waals surface area (Å²) >= 11 is 1.33. The molecule has 0 atom stereocenters. The van der Waals surface area contributed by atoms with Gasteiger partial charge in [-0.05, 0) is 12.1 Å². The highest BCUT2D eigenvalue weighted by atomic mass is 32.1. The van der Waals surface area contributed by atoms with Gasteiger partial charge in [0, 0.05) is 0 Å². The number of rotatable bonds is 2. The van der Waals surface area contributed by atoms with Crippen LogP contribution in [0.1, 0.15) is 21.0 Å². The molecule has 3 heteroatoms. The molecule has 0 saturated heterocycles. The second-order valence-electron chi connectivity index (χ2n) is 1.99. The molecule has 1 aromatic rings. The van der Waals surface area contributed by atoms with E-state index in [1.54, 1.807) is 12.1 Å². The molecule has 0 aliphatic rings. The van der Waals surface area contributed by atoms with Gasteiger partial charge in [-0.1, -0.05) is 11.8 Å². The Morgan fingerprint density at radius 3 is 2.83 bits per heavy atom. The molecular weight excluding hydrogens is 172 g/mol. The third-order valence-electron chi connectivity index (χ3n) is 1.14. The fourth-order valence-corrected chi connectivity index (χ4v) is 1.36. The topological polar surface area (TPSA) is 34.1 Å². The summed E-state index contributed by atoms with van der Waals surface area (Å²) in [6.07, 6.45) is 1.78. The van der Waals surface area contributed by atoms with Crippen molar-refractivity contribution in [2.75, 3.05) is 0 Å². The van der Waals surface area contributed by atoms with E-state index in [9.17, 15) is 9.59 Å². The number of hydrogen-bond acceptors (Lipinski definition) is 3. The SMILES string of the molecule is O=CCC#Cc1ccc(C=O)s1. The van der Waals surface area contributed by atoms with Gasteiger partial charge in [-0.15, -0.1) is 11.3 Å². The van der Waals surface area contributed by atoms with Crippen LogP contribution in [0, 0.1) is 11.8 Å². The number of carbonyl (C=O) groups is 2. The molecule has 0 radical (unpaired) electrons. The van der Waals surface area contributed by atoms with Crippen LogP contribution in [-0.2, 0) is 4.79 Å². The highest BCUT2D eigenvalue weighted by Crippen LogP contribution is 2.12. The van der Waals surface area contributed by atoms with Gasteiger partial charge in [0.15, 0.2) is 6.29 Å². The van der Waals surface area contributed by atoms with Gasteiger partial charge < -0.3 is 4.79 Å². The van der Waals surface area contributed by atoms with Gasteiger partial charge in [0.25, 0.3) is 0 Å². The molecule has 0 aliphatic heterocycles. The maximum Gasteiger partial charge on any atom is 0.160 e. The third kappa shape index (κ3) is 2.33. The molecule has 0 fully saturated rings. The largest absolute Gasteiger partial charge is 0.302 e. The van der Waals surface area contributed by atoms with Crippen LogP contribution in [0.3, 0.4) is 0 Å². The lowest BCUT2D eigenvalue weighted by molar-refractivity contribution is -0.107. The van der Waals surface area contributed by atoms with E-state index in [0.717, 1.165) is 17.4 Å². The predicted octanol–water partition coefficient (Wildman–Crippen LogP) is 1.50.